The minimum Gasteiger partial charge on any atom is -0.508 e. The Bertz CT molecular complexity index is 627. The van der Waals surface area contributed by atoms with Crippen LogP contribution in [0, 0.1) is 0 Å². The Labute approximate surface area is 103 Å². The van der Waals surface area contributed by atoms with Crippen LogP contribution in [0.1, 0.15) is 12.5 Å². The Hall–Kier alpha value is -2.01. The minimum atomic E-state index is -0.635. The highest BCUT2D eigenvalue weighted by molar-refractivity contribution is 5.84. The van der Waals surface area contributed by atoms with Gasteiger partial charge < -0.3 is 19.4 Å². The number of fused-ring (bicyclic) bond motifs is 1. The van der Waals surface area contributed by atoms with Gasteiger partial charge in [-0.1, -0.05) is 0 Å². The zero-order valence-corrected chi connectivity index (χ0v) is 10.1. The van der Waals surface area contributed by atoms with E-state index >= 15 is 0 Å². The molecule has 1 aromatic carbocycles. The molecule has 0 fully saturated rings. The quantitative estimate of drug-likeness (QED) is 0.805. The van der Waals surface area contributed by atoms with Crippen molar-refractivity contribution in [2.24, 2.45) is 0 Å². The number of rotatable bonds is 3. The van der Waals surface area contributed by atoms with E-state index in [-0.39, 0.29) is 17.8 Å². The highest BCUT2D eigenvalue weighted by atomic mass is 16.5. The summed E-state index contributed by atoms with van der Waals surface area (Å²) in [5.74, 6) is 0.321. The van der Waals surface area contributed by atoms with Crippen molar-refractivity contribution in [3.8, 4) is 11.5 Å². The normalized spacial score (nSPS) is 12.6. The first-order valence-electron chi connectivity index (χ1n) is 5.53. The topological polar surface area (TPSA) is 79.9 Å². The van der Waals surface area contributed by atoms with Crippen LogP contribution in [0.5, 0.6) is 11.5 Å². The summed E-state index contributed by atoms with van der Waals surface area (Å²) in [7, 11) is 1.43. The molecule has 0 spiro atoms. The molecule has 0 saturated heterocycles. The maximum Gasteiger partial charge on any atom is 0.339 e. The van der Waals surface area contributed by atoms with Gasteiger partial charge in [-0.15, -0.1) is 0 Å². The van der Waals surface area contributed by atoms with Gasteiger partial charge in [-0.25, -0.2) is 4.79 Å². The highest BCUT2D eigenvalue weighted by Crippen LogP contribution is 2.30. The fraction of sp³-hybridized carbons (Fsp3) is 0.308. The molecule has 2 aromatic rings. The number of methoxy groups -OCH3 is 1. The van der Waals surface area contributed by atoms with Crippen molar-refractivity contribution < 1.29 is 19.4 Å². The summed E-state index contributed by atoms with van der Waals surface area (Å²) >= 11 is 0. The van der Waals surface area contributed by atoms with Gasteiger partial charge in [-0.05, 0) is 19.1 Å². The maximum absolute atomic E-state index is 11.7. The molecular weight excluding hydrogens is 236 g/mol. The summed E-state index contributed by atoms with van der Waals surface area (Å²) in [5.41, 5.74) is 0.146. The Morgan fingerprint density at radius 1 is 1.39 bits per heavy atom. The van der Waals surface area contributed by atoms with Gasteiger partial charge in [0.05, 0.1) is 13.2 Å². The van der Waals surface area contributed by atoms with Crippen LogP contribution in [-0.4, -0.2) is 23.4 Å². The lowest BCUT2D eigenvalue weighted by atomic mass is 10.1. The van der Waals surface area contributed by atoms with Crippen molar-refractivity contribution in [1.29, 1.82) is 0 Å². The third kappa shape index (κ3) is 2.31. The van der Waals surface area contributed by atoms with E-state index in [1.807, 2.05) is 0 Å². The second-order valence-corrected chi connectivity index (χ2v) is 4.18. The molecule has 0 unspecified atom stereocenters. The van der Waals surface area contributed by atoms with Gasteiger partial charge in [-0.3, -0.25) is 0 Å². The molecule has 1 heterocycles. The highest BCUT2D eigenvalue weighted by Gasteiger charge is 2.12. The first kappa shape index (κ1) is 12.4. The number of benzene rings is 1. The van der Waals surface area contributed by atoms with Crippen molar-refractivity contribution in [3.63, 3.8) is 0 Å². The molecule has 2 rings (SSSR count). The van der Waals surface area contributed by atoms with Gasteiger partial charge in [0, 0.05) is 23.4 Å². The molecule has 0 aliphatic heterocycles. The number of phenolic OH excluding ortho intramolecular Hbond substituents is 1. The Balaban J connectivity index is 2.67. The lowest BCUT2D eigenvalue weighted by molar-refractivity contribution is 0.194. The maximum atomic E-state index is 11.7. The molecule has 0 radical (unpaired) electrons. The smallest absolute Gasteiger partial charge is 0.339 e. The van der Waals surface area contributed by atoms with E-state index in [9.17, 15) is 15.0 Å². The molecule has 18 heavy (non-hydrogen) atoms. The fourth-order valence-electron chi connectivity index (χ4n) is 1.84. The SMILES string of the molecule is COc1cc(O)cc2cc(C[C@H](C)O)c(=O)oc12. The van der Waals surface area contributed by atoms with Crippen LogP contribution in [-0.2, 0) is 6.42 Å². The van der Waals surface area contributed by atoms with E-state index in [1.165, 1.54) is 19.2 Å². The first-order chi connectivity index (χ1) is 8.51. The summed E-state index contributed by atoms with van der Waals surface area (Å²) in [6, 6.07) is 4.45. The van der Waals surface area contributed by atoms with Crippen LogP contribution < -0.4 is 10.4 Å². The van der Waals surface area contributed by atoms with Crippen LogP contribution in [0.3, 0.4) is 0 Å². The largest absolute Gasteiger partial charge is 0.508 e. The molecular formula is C13H14O5. The molecule has 0 bridgehead atoms. The molecule has 1 aromatic heterocycles. The average molecular weight is 250 g/mol. The molecule has 5 nitrogen and oxygen atoms in total. The van der Waals surface area contributed by atoms with E-state index in [2.05, 4.69) is 0 Å². The minimum absolute atomic E-state index is 0.0243. The van der Waals surface area contributed by atoms with Gasteiger partial charge >= 0.3 is 5.63 Å². The molecule has 2 N–H and O–H groups in total. The number of phenols is 1. The monoisotopic (exact) mass is 250 g/mol. The number of aliphatic hydroxyl groups is 1. The number of aromatic hydroxyl groups is 1. The van der Waals surface area contributed by atoms with Crippen molar-refractivity contribution in [3.05, 3.63) is 34.2 Å². The van der Waals surface area contributed by atoms with E-state index < -0.39 is 11.7 Å². The molecule has 0 aliphatic carbocycles. The zero-order valence-electron chi connectivity index (χ0n) is 10.1. The van der Waals surface area contributed by atoms with E-state index in [0.717, 1.165) is 0 Å². The lowest BCUT2D eigenvalue weighted by Gasteiger charge is -2.07. The van der Waals surface area contributed by atoms with Crippen LogP contribution in [0.2, 0.25) is 0 Å². The van der Waals surface area contributed by atoms with E-state index in [4.69, 9.17) is 9.15 Å². The molecule has 0 aliphatic rings. The molecule has 0 saturated carbocycles. The summed E-state index contributed by atoms with van der Waals surface area (Å²) < 4.78 is 10.2. The van der Waals surface area contributed by atoms with Crippen molar-refractivity contribution in [1.82, 2.24) is 0 Å². The summed E-state index contributed by atoms with van der Waals surface area (Å²) in [6.07, 6.45) is -0.430. The first-order valence-corrected chi connectivity index (χ1v) is 5.53. The Morgan fingerprint density at radius 2 is 2.11 bits per heavy atom. The standard InChI is InChI=1S/C13H14O5/c1-7(14)3-9-4-8-5-10(15)6-11(17-2)12(8)18-13(9)16/h4-7,14-15H,3H2,1-2H3/t7-/m0/s1. The van der Waals surface area contributed by atoms with Crippen molar-refractivity contribution >= 4 is 11.0 Å². The molecule has 0 amide bonds. The van der Waals surface area contributed by atoms with Crippen LogP contribution in [0.4, 0.5) is 0 Å². The lowest BCUT2D eigenvalue weighted by Crippen LogP contribution is -2.14. The van der Waals surface area contributed by atoms with Gasteiger partial charge in [0.2, 0.25) is 0 Å². The van der Waals surface area contributed by atoms with Gasteiger partial charge in [0.15, 0.2) is 11.3 Å². The third-order valence-electron chi connectivity index (χ3n) is 2.59. The number of hydrogen-bond acceptors (Lipinski definition) is 5. The third-order valence-corrected chi connectivity index (χ3v) is 2.59. The molecule has 1 atom stereocenters. The van der Waals surface area contributed by atoms with Crippen LogP contribution in [0.25, 0.3) is 11.0 Å². The van der Waals surface area contributed by atoms with Crippen LogP contribution in [0.15, 0.2) is 27.4 Å². The van der Waals surface area contributed by atoms with E-state index in [0.29, 0.717) is 16.7 Å². The fourth-order valence-corrected chi connectivity index (χ4v) is 1.84. The van der Waals surface area contributed by atoms with Crippen molar-refractivity contribution in [2.45, 2.75) is 19.4 Å². The Kier molecular flexibility index (Phi) is 3.25. The summed E-state index contributed by atoms with van der Waals surface area (Å²) in [6.45, 7) is 1.59. The number of aliphatic hydroxyl groups excluding tert-OH is 1. The average Bonchev–Trinajstić information content (AvgIpc) is 2.29. The summed E-state index contributed by atoms with van der Waals surface area (Å²) in [4.78, 5) is 11.7. The summed E-state index contributed by atoms with van der Waals surface area (Å²) in [5, 5.41) is 19.4. The molecule has 96 valence electrons. The van der Waals surface area contributed by atoms with Gasteiger partial charge in [-0.2, -0.15) is 0 Å². The van der Waals surface area contributed by atoms with Gasteiger partial charge in [0.25, 0.3) is 0 Å². The second kappa shape index (κ2) is 4.70. The zero-order chi connectivity index (χ0) is 13.3. The van der Waals surface area contributed by atoms with E-state index in [1.54, 1.807) is 13.0 Å². The number of hydrogen-bond donors (Lipinski definition) is 2. The second-order valence-electron chi connectivity index (χ2n) is 4.18. The predicted octanol–water partition coefficient (Wildman–Crippen LogP) is 1.43. The number of ether oxygens (including phenoxy) is 1. The predicted molar refractivity (Wildman–Crippen MR) is 66.1 cm³/mol. The Morgan fingerprint density at radius 3 is 2.72 bits per heavy atom. The molecule has 5 heteroatoms. The van der Waals surface area contributed by atoms with Crippen LogP contribution >= 0.6 is 0 Å². The van der Waals surface area contributed by atoms with Gasteiger partial charge in [0.1, 0.15) is 5.75 Å². The van der Waals surface area contributed by atoms with Crippen molar-refractivity contribution in [2.75, 3.05) is 7.11 Å².